The van der Waals surface area contributed by atoms with E-state index >= 15 is 0 Å². The van der Waals surface area contributed by atoms with Gasteiger partial charge in [0.1, 0.15) is 13.2 Å². The quantitative estimate of drug-likeness (QED) is 0.717. The zero-order valence-electron chi connectivity index (χ0n) is 15.7. The molecule has 0 saturated heterocycles. The highest BCUT2D eigenvalue weighted by Gasteiger charge is 2.14. The molecule has 152 valence electrons. The molecule has 0 radical (unpaired) electrons. The van der Waals surface area contributed by atoms with Crippen molar-refractivity contribution in [3.05, 3.63) is 48.0 Å². The van der Waals surface area contributed by atoms with Crippen molar-refractivity contribution in [1.82, 2.24) is 0 Å². The summed E-state index contributed by atoms with van der Waals surface area (Å²) < 4.78 is 20.7. The first-order chi connectivity index (χ1) is 14.0. The van der Waals surface area contributed by atoms with Crippen molar-refractivity contribution in [3.63, 3.8) is 0 Å². The number of esters is 1. The number of carbonyl (C=O) groups is 3. The molecule has 3 rings (SSSR count). The van der Waals surface area contributed by atoms with Crippen LogP contribution in [0, 0.1) is 0 Å². The Bertz CT molecular complexity index is 896. The Labute approximate surface area is 166 Å². The van der Waals surface area contributed by atoms with Crippen LogP contribution < -0.4 is 20.1 Å². The van der Waals surface area contributed by atoms with Crippen LogP contribution in [0.15, 0.2) is 42.5 Å². The van der Waals surface area contributed by atoms with E-state index in [1.807, 2.05) is 0 Å². The number of fused-ring (bicyclic) bond motifs is 1. The Morgan fingerprint density at radius 2 is 1.59 bits per heavy atom. The largest absolute Gasteiger partial charge is 0.486 e. The zero-order valence-corrected chi connectivity index (χ0v) is 15.7. The SMILES string of the molecule is CCOC(=O)Nc1ccc(C(=O)OCC(=O)Nc2ccc3c(c2)OCCO3)cc1. The van der Waals surface area contributed by atoms with Crippen LogP contribution in [0.2, 0.25) is 0 Å². The molecule has 0 unspecified atom stereocenters. The lowest BCUT2D eigenvalue weighted by molar-refractivity contribution is -0.119. The Hall–Kier alpha value is -3.75. The van der Waals surface area contributed by atoms with Gasteiger partial charge in [-0.3, -0.25) is 10.1 Å². The van der Waals surface area contributed by atoms with Crippen LogP contribution in [0.25, 0.3) is 0 Å². The van der Waals surface area contributed by atoms with Crippen molar-refractivity contribution in [2.75, 3.05) is 37.1 Å². The fourth-order valence-corrected chi connectivity index (χ4v) is 2.51. The molecule has 1 aliphatic heterocycles. The average molecular weight is 400 g/mol. The molecule has 0 aliphatic carbocycles. The Kier molecular flexibility index (Phi) is 6.51. The minimum Gasteiger partial charge on any atom is -0.486 e. The number of nitrogens with one attached hydrogen (secondary N) is 2. The highest BCUT2D eigenvalue weighted by atomic mass is 16.6. The molecular formula is C20H20N2O7. The fourth-order valence-electron chi connectivity index (χ4n) is 2.51. The van der Waals surface area contributed by atoms with Crippen molar-refractivity contribution in [2.45, 2.75) is 6.92 Å². The number of amides is 2. The van der Waals surface area contributed by atoms with Crippen LogP contribution in [-0.4, -0.2) is 44.4 Å². The molecule has 0 atom stereocenters. The summed E-state index contributed by atoms with van der Waals surface area (Å²) >= 11 is 0. The van der Waals surface area contributed by atoms with Gasteiger partial charge >= 0.3 is 12.1 Å². The number of carbonyl (C=O) groups excluding carboxylic acids is 3. The van der Waals surface area contributed by atoms with Crippen LogP contribution in [0.3, 0.4) is 0 Å². The maximum Gasteiger partial charge on any atom is 0.411 e. The Morgan fingerprint density at radius 1 is 0.897 bits per heavy atom. The Balaban J connectivity index is 1.48. The van der Waals surface area contributed by atoms with E-state index in [0.717, 1.165) is 0 Å². The molecule has 1 heterocycles. The van der Waals surface area contributed by atoms with E-state index in [-0.39, 0.29) is 12.2 Å². The van der Waals surface area contributed by atoms with Crippen LogP contribution in [0.1, 0.15) is 17.3 Å². The van der Waals surface area contributed by atoms with E-state index in [4.69, 9.17) is 18.9 Å². The molecule has 2 N–H and O–H groups in total. The molecule has 2 aromatic rings. The summed E-state index contributed by atoms with van der Waals surface area (Å²) in [6, 6.07) is 11.0. The van der Waals surface area contributed by atoms with Gasteiger partial charge in [-0.05, 0) is 43.3 Å². The molecule has 0 aromatic heterocycles. The summed E-state index contributed by atoms with van der Waals surface area (Å²) in [4.78, 5) is 35.5. The molecule has 9 nitrogen and oxygen atoms in total. The normalized spacial score (nSPS) is 11.9. The third kappa shape index (κ3) is 5.61. The summed E-state index contributed by atoms with van der Waals surface area (Å²) in [5.74, 6) is 0.00441. The maximum absolute atomic E-state index is 12.1. The topological polar surface area (TPSA) is 112 Å². The number of ether oxygens (including phenoxy) is 4. The molecule has 2 aromatic carbocycles. The minimum absolute atomic E-state index is 0.242. The lowest BCUT2D eigenvalue weighted by Gasteiger charge is -2.19. The summed E-state index contributed by atoms with van der Waals surface area (Å²) in [6.45, 7) is 2.42. The minimum atomic E-state index is -0.662. The molecule has 0 spiro atoms. The van der Waals surface area contributed by atoms with Gasteiger partial charge in [-0.25, -0.2) is 9.59 Å². The zero-order chi connectivity index (χ0) is 20.6. The lowest BCUT2D eigenvalue weighted by Crippen LogP contribution is -2.21. The van der Waals surface area contributed by atoms with Gasteiger partial charge in [0.05, 0.1) is 12.2 Å². The number of rotatable bonds is 6. The first kappa shape index (κ1) is 20.0. The van der Waals surface area contributed by atoms with Gasteiger partial charge in [0.15, 0.2) is 18.1 Å². The molecule has 0 saturated carbocycles. The summed E-state index contributed by atoms with van der Waals surface area (Å²) in [6.07, 6.45) is -0.585. The van der Waals surface area contributed by atoms with Gasteiger partial charge < -0.3 is 24.3 Å². The van der Waals surface area contributed by atoms with Gasteiger partial charge in [0.25, 0.3) is 5.91 Å². The smallest absolute Gasteiger partial charge is 0.411 e. The molecule has 29 heavy (non-hydrogen) atoms. The maximum atomic E-state index is 12.1. The van der Waals surface area contributed by atoms with E-state index in [1.54, 1.807) is 25.1 Å². The third-order valence-corrected chi connectivity index (χ3v) is 3.80. The molecule has 0 bridgehead atoms. The second kappa shape index (κ2) is 9.45. The van der Waals surface area contributed by atoms with E-state index in [0.29, 0.717) is 36.1 Å². The number of benzene rings is 2. The standard InChI is InChI=1S/C20H20N2O7/c1-2-26-20(25)22-14-5-3-13(4-6-14)19(24)29-12-18(23)21-15-7-8-16-17(11-15)28-10-9-27-16/h3-8,11H,2,9-10,12H2,1H3,(H,21,23)(H,22,25). The molecule has 1 aliphatic rings. The molecule has 2 amide bonds. The average Bonchev–Trinajstić information content (AvgIpc) is 2.72. The van der Waals surface area contributed by atoms with Crippen molar-refractivity contribution >= 4 is 29.3 Å². The van der Waals surface area contributed by atoms with Crippen molar-refractivity contribution in [2.24, 2.45) is 0 Å². The van der Waals surface area contributed by atoms with Crippen molar-refractivity contribution in [1.29, 1.82) is 0 Å². The van der Waals surface area contributed by atoms with Gasteiger partial charge in [-0.2, -0.15) is 0 Å². The second-order valence-corrected chi connectivity index (χ2v) is 5.91. The van der Waals surface area contributed by atoms with Gasteiger partial charge in [0, 0.05) is 17.4 Å². The van der Waals surface area contributed by atoms with Crippen LogP contribution in [-0.2, 0) is 14.3 Å². The monoisotopic (exact) mass is 400 g/mol. The van der Waals surface area contributed by atoms with E-state index < -0.39 is 24.6 Å². The predicted molar refractivity (Wildman–Crippen MR) is 103 cm³/mol. The molecule has 9 heteroatoms. The van der Waals surface area contributed by atoms with Crippen LogP contribution in [0.4, 0.5) is 16.2 Å². The van der Waals surface area contributed by atoms with E-state index in [2.05, 4.69) is 10.6 Å². The first-order valence-electron chi connectivity index (χ1n) is 8.95. The highest BCUT2D eigenvalue weighted by Crippen LogP contribution is 2.32. The van der Waals surface area contributed by atoms with Crippen molar-refractivity contribution < 1.29 is 33.3 Å². The number of hydrogen-bond acceptors (Lipinski definition) is 7. The number of anilines is 2. The van der Waals surface area contributed by atoms with Gasteiger partial charge in [-0.15, -0.1) is 0 Å². The first-order valence-corrected chi connectivity index (χ1v) is 8.95. The van der Waals surface area contributed by atoms with E-state index in [1.165, 1.54) is 24.3 Å². The third-order valence-electron chi connectivity index (χ3n) is 3.80. The van der Waals surface area contributed by atoms with E-state index in [9.17, 15) is 14.4 Å². The summed E-state index contributed by atoms with van der Waals surface area (Å²) in [5.41, 5.74) is 1.22. The van der Waals surface area contributed by atoms with Gasteiger partial charge in [-0.1, -0.05) is 0 Å². The Morgan fingerprint density at radius 3 is 2.31 bits per heavy atom. The summed E-state index contributed by atoms with van der Waals surface area (Å²) in [5, 5.41) is 5.14. The summed E-state index contributed by atoms with van der Waals surface area (Å²) in [7, 11) is 0. The van der Waals surface area contributed by atoms with Crippen LogP contribution >= 0.6 is 0 Å². The lowest BCUT2D eigenvalue weighted by atomic mass is 10.2. The second-order valence-electron chi connectivity index (χ2n) is 5.91. The van der Waals surface area contributed by atoms with Gasteiger partial charge in [0.2, 0.25) is 0 Å². The molecule has 0 fully saturated rings. The predicted octanol–water partition coefficient (Wildman–Crippen LogP) is 2.82. The number of hydrogen-bond donors (Lipinski definition) is 2. The highest BCUT2D eigenvalue weighted by molar-refractivity contribution is 5.96. The fraction of sp³-hybridized carbons (Fsp3) is 0.250. The molecular weight excluding hydrogens is 380 g/mol. The van der Waals surface area contributed by atoms with Crippen molar-refractivity contribution in [3.8, 4) is 11.5 Å². The van der Waals surface area contributed by atoms with Crippen LogP contribution in [0.5, 0.6) is 11.5 Å².